The van der Waals surface area contributed by atoms with Crippen LogP contribution in [0.3, 0.4) is 0 Å². The first-order valence-corrected chi connectivity index (χ1v) is 8.43. The Bertz CT molecular complexity index is 540. The topological polar surface area (TPSA) is 67.2 Å². The second kappa shape index (κ2) is 6.98. The van der Waals surface area contributed by atoms with E-state index in [9.17, 15) is 4.79 Å². The zero-order chi connectivity index (χ0) is 15.4. The molecular formula is C16H25N3OS. The third-order valence-corrected chi connectivity index (χ3v) is 4.66. The summed E-state index contributed by atoms with van der Waals surface area (Å²) in [6, 6.07) is 0. The maximum atomic E-state index is 12.2. The summed E-state index contributed by atoms with van der Waals surface area (Å²) < 4.78 is 0. The monoisotopic (exact) mass is 307 g/mol. The summed E-state index contributed by atoms with van der Waals surface area (Å²) in [7, 11) is 0. The van der Waals surface area contributed by atoms with Gasteiger partial charge in [0.2, 0.25) is 0 Å². The Hall–Kier alpha value is -1.49. The van der Waals surface area contributed by atoms with E-state index < -0.39 is 0 Å². The number of allylic oxidation sites excluding steroid dienone is 1. The van der Waals surface area contributed by atoms with Crippen LogP contribution in [0.15, 0.2) is 11.6 Å². The van der Waals surface area contributed by atoms with Crippen molar-refractivity contribution in [3.05, 3.63) is 22.1 Å². The summed E-state index contributed by atoms with van der Waals surface area (Å²) in [5.41, 5.74) is 9.36. The Kier molecular flexibility index (Phi) is 5.28. The minimum atomic E-state index is -0.0449. The highest BCUT2D eigenvalue weighted by molar-refractivity contribution is 7.18. The molecule has 4 N–H and O–H groups in total. The summed E-state index contributed by atoms with van der Waals surface area (Å²) in [5, 5.41) is 7.40. The maximum Gasteiger partial charge on any atom is 0.263 e. The van der Waals surface area contributed by atoms with Crippen LogP contribution in [0.25, 0.3) is 0 Å². The zero-order valence-electron chi connectivity index (χ0n) is 13.1. The second-order valence-corrected chi connectivity index (χ2v) is 6.80. The largest absolute Gasteiger partial charge is 0.397 e. The van der Waals surface area contributed by atoms with E-state index >= 15 is 0 Å². The Balaban J connectivity index is 2.19. The molecule has 0 aliphatic heterocycles. The minimum Gasteiger partial charge on any atom is -0.397 e. The Labute approximate surface area is 130 Å². The summed E-state index contributed by atoms with van der Waals surface area (Å²) in [6.45, 7) is 7.67. The summed E-state index contributed by atoms with van der Waals surface area (Å²) in [4.78, 5) is 12.9. The van der Waals surface area contributed by atoms with Crippen molar-refractivity contribution in [1.82, 2.24) is 5.32 Å². The van der Waals surface area contributed by atoms with Crippen LogP contribution in [0.2, 0.25) is 0 Å². The molecule has 0 radical (unpaired) electrons. The van der Waals surface area contributed by atoms with Crippen LogP contribution in [0, 0.1) is 0 Å². The lowest BCUT2D eigenvalue weighted by Gasteiger charge is -2.05. The number of carbonyl (C=O) groups is 1. The van der Waals surface area contributed by atoms with Crippen LogP contribution in [-0.2, 0) is 0 Å². The lowest BCUT2D eigenvalue weighted by molar-refractivity contribution is 0.0958. The molecule has 1 amide bonds. The van der Waals surface area contributed by atoms with E-state index in [1.807, 2.05) is 6.92 Å². The van der Waals surface area contributed by atoms with Gasteiger partial charge in [0.1, 0.15) is 4.88 Å². The number of nitrogens with two attached hydrogens (primary N) is 1. The third kappa shape index (κ3) is 4.00. The minimum absolute atomic E-state index is 0.0449. The van der Waals surface area contributed by atoms with Gasteiger partial charge in [-0.25, -0.2) is 0 Å². The number of nitrogens with one attached hydrogen (secondary N) is 2. The number of thiophene rings is 1. The quantitative estimate of drug-likeness (QED) is 0.672. The highest BCUT2D eigenvalue weighted by Gasteiger charge is 2.32. The molecule has 4 nitrogen and oxygen atoms in total. The molecule has 0 saturated heterocycles. The highest BCUT2D eigenvalue weighted by atomic mass is 32.1. The Morgan fingerprint density at radius 2 is 2.14 bits per heavy atom. The molecule has 1 heterocycles. The van der Waals surface area contributed by atoms with E-state index in [1.165, 1.54) is 29.8 Å². The number of anilines is 2. The number of rotatable bonds is 7. The highest BCUT2D eigenvalue weighted by Crippen LogP contribution is 2.50. The zero-order valence-corrected chi connectivity index (χ0v) is 13.9. The molecule has 1 aromatic heterocycles. The van der Waals surface area contributed by atoms with Gasteiger partial charge >= 0.3 is 0 Å². The van der Waals surface area contributed by atoms with Crippen molar-refractivity contribution >= 4 is 27.9 Å². The predicted octanol–water partition coefficient (Wildman–Crippen LogP) is 3.73. The Morgan fingerprint density at radius 3 is 2.71 bits per heavy atom. The summed E-state index contributed by atoms with van der Waals surface area (Å²) in [6.07, 6.45) is 5.42. The lowest BCUT2D eigenvalue weighted by Crippen LogP contribution is -2.23. The first-order valence-electron chi connectivity index (χ1n) is 7.62. The molecule has 5 heteroatoms. The van der Waals surface area contributed by atoms with Crippen molar-refractivity contribution < 1.29 is 4.79 Å². The van der Waals surface area contributed by atoms with Crippen molar-refractivity contribution in [2.24, 2.45) is 0 Å². The van der Waals surface area contributed by atoms with Crippen LogP contribution in [-0.4, -0.2) is 19.0 Å². The van der Waals surface area contributed by atoms with Crippen LogP contribution in [0.1, 0.15) is 61.2 Å². The number of carbonyl (C=O) groups excluding carboxylic acids is 1. The van der Waals surface area contributed by atoms with Crippen molar-refractivity contribution in [2.75, 3.05) is 24.1 Å². The fraction of sp³-hybridized carbons (Fsp3) is 0.562. The molecule has 1 fully saturated rings. The van der Waals surface area contributed by atoms with Gasteiger partial charge in [-0.1, -0.05) is 18.6 Å². The van der Waals surface area contributed by atoms with Gasteiger partial charge in [-0.15, -0.1) is 11.3 Å². The van der Waals surface area contributed by atoms with Crippen molar-refractivity contribution in [1.29, 1.82) is 0 Å². The van der Waals surface area contributed by atoms with Crippen molar-refractivity contribution in [3.8, 4) is 0 Å². The molecule has 0 aromatic carbocycles. The molecule has 2 rings (SSSR count). The first kappa shape index (κ1) is 15.9. The maximum absolute atomic E-state index is 12.2. The average Bonchev–Trinajstić information content (AvgIpc) is 3.21. The number of nitrogen functional groups attached to an aromatic ring is 1. The molecule has 116 valence electrons. The van der Waals surface area contributed by atoms with Crippen LogP contribution in [0.5, 0.6) is 0 Å². The van der Waals surface area contributed by atoms with Crippen molar-refractivity contribution in [3.63, 3.8) is 0 Å². The van der Waals surface area contributed by atoms with Crippen LogP contribution < -0.4 is 16.4 Å². The summed E-state index contributed by atoms with van der Waals surface area (Å²) >= 11 is 1.49. The molecule has 0 bridgehead atoms. The molecule has 1 aliphatic carbocycles. The van der Waals surface area contributed by atoms with Gasteiger partial charge in [-0.05, 0) is 39.0 Å². The standard InChI is InChI=1S/C16H25N3OS/c1-4-8-18-15(20)14-13(17)12(11-5-6-11)16(21-14)19-9-7-10(2)3/h7,11,19H,4-6,8-9,17H2,1-3H3,(H,18,20). The fourth-order valence-electron chi connectivity index (χ4n) is 2.20. The van der Waals surface area contributed by atoms with Crippen LogP contribution in [0.4, 0.5) is 10.7 Å². The van der Waals surface area contributed by atoms with E-state index in [2.05, 4.69) is 30.6 Å². The van der Waals surface area contributed by atoms with E-state index in [1.54, 1.807) is 0 Å². The van der Waals surface area contributed by atoms with Crippen molar-refractivity contribution in [2.45, 2.75) is 46.0 Å². The van der Waals surface area contributed by atoms with E-state index in [0.29, 0.717) is 23.0 Å². The number of amides is 1. The van der Waals surface area contributed by atoms with Gasteiger partial charge in [0.15, 0.2) is 0 Å². The van der Waals surface area contributed by atoms with Gasteiger partial charge in [0.05, 0.1) is 10.7 Å². The molecular weight excluding hydrogens is 282 g/mol. The molecule has 0 atom stereocenters. The number of hydrogen-bond donors (Lipinski definition) is 3. The average molecular weight is 307 g/mol. The fourth-order valence-corrected chi connectivity index (χ4v) is 3.33. The second-order valence-electron chi connectivity index (χ2n) is 5.78. The SMILES string of the molecule is CCCNC(=O)c1sc(NCC=C(C)C)c(C2CC2)c1N. The number of hydrogen-bond acceptors (Lipinski definition) is 4. The molecule has 0 unspecified atom stereocenters. The molecule has 1 aliphatic rings. The molecule has 1 saturated carbocycles. The Morgan fingerprint density at radius 1 is 1.43 bits per heavy atom. The molecule has 0 spiro atoms. The lowest BCUT2D eigenvalue weighted by atomic mass is 10.1. The first-order chi connectivity index (χ1) is 10.0. The third-order valence-electron chi connectivity index (χ3n) is 3.48. The van der Waals surface area contributed by atoms with E-state index in [4.69, 9.17) is 5.73 Å². The van der Waals surface area contributed by atoms with Gasteiger partial charge in [0, 0.05) is 18.7 Å². The predicted molar refractivity (Wildman–Crippen MR) is 91.3 cm³/mol. The van der Waals surface area contributed by atoms with Gasteiger partial charge in [0.25, 0.3) is 5.91 Å². The molecule has 1 aromatic rings. The normalized spacial score (nSPS) is 13.9. The van der Waals surface area contributed by atoms with Gasteiger partial charge in [-0.2, -0.15) is 0 Å². The van der Waals surface area contributed by atoms with E-state index in [-0.39, 0.29) is 5.91 Å². The van der Waals surface area contributed by atoms with Gasteiger partial charge in [-0.3, -0.25) is 4.79 Å². The smallest absolute Gasteiger partial charge is 0.263 e. The summed E-state index contributed by atoms with van der Waals surface area (Å²) in [5.74, 6) is 0.486. The van der Waals surface area contributed by atoms with Crippen LogP contribution >= 0.6 is 11.3 Å². The van der Waals surface area contributed by atoms with Gasteiger partial charge < -0.3 is 16.4 Å². The van der Waals surface area contributed by atoms with E-state index in [0.717, 1.165) is 23.5 Å². The molecule has 21 heavy (non-hydrogen) atoms.